The van der Waals surface area contributed by atoms with Crippen LogP contribution in [0.1, 0.15) is 61.7 Å². The zero-order chi connectivity index (χ0) is 22.8. The molecule has 0 aliphatic heterocycles. The maximum atomic E-state index is 14.2. The van der Waals surface area contributed by atoms with Crippen LogP contribution in [0, 0.1) is 5.82 Å². The van der Waals surface area contributed by atoms with Crippen LogP contribution < -0.4 is 10.6 Å². The third-order valence-electron chi connectivity index (χ3n) is 5.49. The van der Waals surface area contributed by atoms with Crippen molar-refractivity contribution in [1.29, 1.82) is 0 Å². The summed E-state index contributed by atoms with van der Waals surface area (Å²) in [4.78, 5) is 14.2. The number of rotatable bonds is 12. The molecular weight excluding hydrogens is 393 g/mol. The van der Waals surface area contributed by atoms with Crippen molar-refractivity contribution in [3.8, 4) is 0 Å². The van der Waals surface area contributed by atoms with E-state index in [1.54, 1.807) is 17.0 Å². The number of benzene rings is 2. The second-order valence-corrected chi connectivity index (χ2v) is 7.81. The average molecular weight is 430 g/mol. The van der Waals surface area contributed by atoms with E-state index >= 15 is 0 Å². The van der Waals surface area contributed by atoms with Crippen molar-refractivity contribution in [2.24, 2.45) is 0 Å². The summed E-state index contributed by atoms with van der Waals surface area (Å²) in [7, 11) is 0. The van der Waals surface area contributed by atoms with Gasteiger partial charge < -0.3 is 20.6 Å². The lowest BCUT2D eigenvalue weighted by Crippen LogP contribution is -2.31. The summed E-state index contributed by atoms with van der Waals surface area (Å²) < 4.78 is 14.2. The monoisotopic (exact) mass is 429 g/mol. The molecule has 2 aromatic rings. The lowest BCUT2D eigenvalue weighted by molar-refractivity contribution is 0.0768. The predicted molar refractivity (Wildman–Crippen MR) is 125 cm³/mol. The summed E-state index contributed by atoms with van der Waals surface area (Å²) in [6, 6.07) is 12.8. The molecule has 2 aromatic carbocycles. The number of aryl methyl sites for hydroxylation is 1. The van der Waals surface area contributed by atoms with Crippen LogP contribution in [-0.2, 0) is 6.42 Å². The molecule has 3 N–H and O–H groups in total. The minimum atomic E-state index is -0.592. The van der Waals surface area contributed by atoms with Crippen molar-refractivity contribution in [3.05, 3.63) is 65.0 Å². The van der Waals surface area contributed by atoms with Gasteiger partial charge in [0.05, 0.1) is 11.7 Å². The van der Waals surface area contributed by atoms with Crippen molar-refractivity contribution in [1.82, 2.24) is 10.2 Å². The van der Waals surface area contributed by atoms with Gasteiger partial charge >= 0.3 is 0 Å². The van der Waals surface area contributed by atoms with E-state index in [0.29, 0.717) is 19.6 Å². The number of carbonyl (C=O) groups is 1. The number of halogens is 1. The van der Waals surface area contributed by atoms with Crippen molar-refractivity contribution in [2.45, 2.75) is 52.7 Å². The fraction of sp³-hybridized carbons (Fsp3) is 0.480. The number of aliphatic hydroxyl groups is 1. The second-order valence-electron chi connectivity index (χ2n) is 7.81. The van der Waals surface area contributed by atoms with Crippen LogP contribution in [0.5, 0.6) is 0 Å². The van der Waals surface area contributed by atoms with Gasteiger partial charge in [0.15, 0.2) is 0 Å². The van der Waals surface area contributed by atoms with Crippen molar-refractivity contribution >= 4 is 11.6 Å². The van der Waals surface area contributed by atoms with Crippen LogP contribution in [0.4, 0.5) is 10.1 Å². The molecule has 170 valence electrons. The molecule has 0 radical (unpaired) electrons. The van der Waals surface area contributed by atoms with E-state index in [-0.39, 0.29) is 17.5 Å². The molecular formula is C25H36FN3O2. The van der Waals surface area contributed by atoms with Gasteiger partial charge in [-0.2, -0.15) is 0 Å². The number of amides is 1. The van der Waals surface area contributed by atoms with Crippen LogP contribution in [0.2, 0.25) is 0 Å². The lowest BCUT2D eigenvalue weighted by Gasteiger charge is -2.20. The Morgan fingerprint density at radius 1 is 1.13 bits per heavy atom. The Kier molecular flexibility index (Phi) is 9.95. The average Bonchev–Trinajstić information content (AvgIpc) is 2.78. The van der Waals surface area contributed by atoms with Crippen LogP contribution >= 0.6 is 0 Å². The van der Waals surface area contributed by atoms with Gasteiger partial charge in [-0.05, 0) is 75.9 Å². The Morgan fingerprint density at radius 2 is 1.87 bits per heavy atom. The van der Waals surface area contributed by atoms with E-state index in [1.165, 1.54) is 6.07 Å². The molecule has 0 saturated heterocycles. The maximum absolute atomic E-state index is 14.2. The fourth-order valence-corrected chi connectivity index (χ4v) is 3.55. The quantitative estimate of drug-likeness (QED) is 0.468. The topological polar surface area (TPSA) is 64.6 Å². The number of nitrogens with one attached hydrogen (secondary N) is 2. The first-order valence-corrected chi connectivity index (χ1v) is 11.2. The summed E-state index contributed by atoms with van der Waals surface area (Å²) in [6.45, 7) is 10.3. The van der Waals surface area contributed by atoms with E-state index in [1.807, 2.05) is 45.0 Å². The summed E-state index contributed by atoms with van der Waals surface area (Å²) in [5.41, 5.74) is 2.94. The van der Waals surface area contributed by atoms with E-state index < -0.39 is 11.9 Å². The van der Waals surface area contributed by atoms with Crippen molar-refractivity contribution in [3.63, 3.8) is 0 Å². The normalized spacial score (nSPS) is 13.0. The molecule has 0 aromatic heterocycles. The van der Waals surface area contributed by atoms with Crippen molar-refractivity contribution < 1.29 is 14.3 Å². The smallest absolute Gasteiger partial charge is 0.256 e. The van der Waals surface area contributed by atoms with Crippen LogP contribution in [-0.4, -0.2) is 48.1 Å². The largest absolute Gasteiger partial charge is 0.387 e. The van der Waals surface area contributed by atoms with Crippen molar-refractivity contribution in [2.75, 3.05) is 31.5 Å². The molecule has 0 fully saturated rings. The highest BCUT2D eigenvalue weighted by atomic mass is 19.1. The van der Waals surface area contributed by atoms with Gasteiger partial charge in [0, 0.05) is 37.9 Å². The zero-order valence-electron chi connectivity index (χ0n) is 19.1. The molecule has 2 unspecified atom stereocenters. The molecule has 1 amide bonds. The number of carbonyl (C=O) groups excluding carboxylic acids is 1. The van der Waals surface area contributed by atoms with Gasteiger partial charge in [0.1, 0.15) is 5.82 Å². The van der Waals surface area contributed by atoms with E-state index in [2.05, 4.69) is 17.6 Å². The number of nitrogens with zero attached hydrogens (tertiary/aromatic N) is 1. The summed E-state index contributed by atoms with van der Waals surface area (Å²) in [5.74, 6) is -0.742. The first-order valence-electron chi connectivity index (χ1n) is 11.2. The van der Waals surface area contributed by atoms with E-state index in [4.69, 9.17) is 0 Å². The second kappa shape index (κ2) is 12.4. The fourth-order valence-electron chi connectivity index (χ4n) is 3.55. The van der Waals surface area contributed by atoms with Crippen LogP contribution in [0.25, 0.3) is 0 Å². The summed E-state index contributed by atoms with van der Waals surface area (Å²) in [6.07, 6.45) is 0.943. The molecule has 0 spiro atoms. The highest BCUT2D eigenvalue weighted by molar-refractivity contribution is 5.94. The molecule has 2 atom stereocenters. The number of anilines is 1. The predicted octanol–water partition coefficient (Wildman–Crippen LogP) is 4.38. The van der Waals surface area contributed by atoms with Gasteiger partial charge in [-0.1, -0.05) is 18.2 Å². The number of hydrogen-bond donors (Lipinski definition) is 3. The van der Waals surface area contributed by atoms with Gasteiger partial charge in [-0.15, -0.1) is 0 Å². The standard InChI is InChI=1S/C25H36FN3O2/c1-5-27-21-10-8-9-20(16-21)24(30)17-28-18(4)11-12-19-13-14-23(26)22(15-19)25(31)29(6-2)7-3/h8-10,13-16,18,24,27-28,30H,5-7,11-12,17H2,1-4H3. The highest BCUT2D eigenvalue weighted by Crippen LogP contribution is 2.18. The maximum Gasteiger partial charge on any atom is 0.256 e. The molecule has 0 heterocycles. The molecule has 2 rings (SSSR count). The zero-order valence-corrected chi connectivity index (χ0v) is 19.1. The Morgan fingerprint density at radius 3 is 2.55 bits per heavy atom. The van der Waals surface area contributed by atoms with E-state index in [0.717, 1.165) is 36.2 Å². The van der Waals surface area contributed by atoms with Gasteiger partial charge in [0.25, 0.3) is 5.91 Å². The lowest BCUT2D eigenvalue weighted by atomic mass is 10.0. The van der Waals surface area contributed by atoms with Crippen LogP contribution in [0.3, 0.4) is 0 Å². The van der Waals surface area contributed by atoms with Gasteiger partial charge in [-0.25, -0.2) is 4.39 Å². The third kappa shape index (κ3) is 7.33. The third-order valence-corrected chi connectivity index (χ3v) is 5.49. The molecule has 0 aliphatic carbocycles. The number of hydrogen-bond acceptors (Lipinski definition) is 4. The first-order chi connectivity index (χ1) is 14.9. The molecule has 0 aliphatic rings. The minimum Gasteiger partial charge on any atom is -0.387 e. The molecule has 5 nitrogen and oxygen atoms in total. The minimum absolute atomic E-state index is 0.137. The highest BCUT2D eigenvalue weighted by Gasteiger charge is 2.18. The first kappa shape index (κ1) is 24.8. The SMILES string of the molecule is CCNc1cccc(C(O)CNC(C)CCc2ccc(F)c(C(=O)N(CC)CC)c2)c1. The summed E-state index contributed by atoms with van der Waals surface area (Å²) >= 11 is 0. The number of aliphatic hydroxyl groups excluding tert-OH is 1. The molecule has 0 saturated carbocycles. The summed E-state index contributed by atoms with van der Waals surface area (Å²) in [5, 5.41) is 17.1. The van der Waals surface area contributed by atoms with Gasteiger partial charge in [0.2, 0.25) is 0 Å². The van der Waals surface area contributed by atoms with Gasteiger partial charge in [-0.3, -0.25) is 4.79 Å². The van der Waals surface area contributed by atoms with Crippen LogP contribution in [0.15, 0.2) is 42.5 Å². The van der Waals surface area contributed by atoms with E-state index in [9.17, 15) is 14.3 Å². The Hall–Kier alpha value is -2.44. The Balaban J connectivity index is 1.89. The Labute approximate surface area is 185 Å². The molecule has 6 heteroatoms. The molecule has 31 heavy (non-hydrogen) atoms. The molecule has 0 bridgehead atoms. The Bertz CT molecular complexity index is 839.